The maximum atomic E-state index is 9.15. The molecule has 2 aromatic heterocycles. The minimum atomic E-state index is 0.109. The third-order valence-electron chi connectivity index (χ3n) is 2.60. The SMILES string of the molecule is CCC(CO)c1ncc(-c2cc[nH]c2)[nH]1. The van der Waals surface area contributed by atoms with Gasteiger partial charge < -0.3 is 15.1 Å². The van der Waals surface area contributed by atoms with E-state index in [1.807, 2.05) is 25.4 Å². The topological polar surface area (TPSA) is 64.7 Å². The van der Waals surface area contributed by atoms with E-state index in [9.17, 15) is 0 Å². The lowest BCUT2D eigenvalue weighted by Gasteiger charge is -2.06. The maximum absolute atomic E-state index is 9.15. The molecule has 0 saturated heterocycles. The molecule has 2 rings (SSSR count). The van der Waals surface area contributed by atoms with Crippen LogP contribution in [0.15, 0.2) is 24.7 Å². The largest absolute Gasteiger partial charge is 0.396 e. The van der Waals surface area contributed by atoms with Crippen molar-refractivity contribution in [2.24, 2.45) is 0 Å². The minimum Gasteiger partial charge on any atom is -0.396 e. The highest BCUT2D eigenvalue weighted by molar-refractivity contribution is 5.57. The van der Waals surface area contributed by atoms with Gasteiger partial charge in [0.25, 0.3) is 0 Å². The van der Waals surface area contributed by atoms with Crippen LogP contribution in [0.4, 0.5) is 0 Å². The summed E-state index contributed by atoms with van der Waals surface area (Å²) in [5, 5.41) is 9.15. The Kier molecular flexibility index (Phi) is 2.87. The average molecular weight is 205 g/mol. The molecule has 4 nitrogen and oxygen atoms in total. The zero-order valence-corrected chi connectivity index (χ0v) is 8.70. The molecule has 1 unspecified atom stereocenters. The molecule has 3 N–H and O–H groups in total. The van der Waals surface area contributed by atoms with Crippen LogP contribution in [0.1, 0.15) is 25.1 Å². The van der Waals surface area contributed by atoms with Crippen LogP contribution in [-0.2, 0) is 0 Å². The number of nitrogens with one attached hydrogen (secondary N) is 2. The molecule has 2 aromatic rings. The van der Waals surface area contributed by atoms with Crippen molar-refractivity contribution in [2.45, 2.75) is 19.3 Å². The second kappa shape index (κ2) is 4.31. The van der Waals surface area contributed by atoms with Gasteiger partial charge in [0.05, 0.1) is 18.5 Å². The fraction of sp³-hybridized carbons (Fsp3) is 0.364. The van der Waals surface area contributed by atoms with E-state index < -0.39 is 0 Å². The van der Waals surface area contributed by atoms with E-state index in [2.05, 4.69) is 15.0 Å². The summed E-state index contributed by atoms with van der Waals surface area (Å²) in [4.78, 5) is 10.5. The van der Waals surface area contributed by atoms with Gasteiger partial charge in [-0.25, -0.2) is 4.98 Å². The first-order valence-electron chi connectivity index (χ1n) is 5.14. The van der Waals surface area contributed by atoms with Crippen LogP contribution in [0.5, 0.6) is 0 Å². The Morgan fingerprint density at radius 2 is 2.40 bits per heavy atom. The highest BCUT2D eigenvalue weighted by Crippen LogP contribution is 2.20. The van der Waals surface area contributed by atoms with Crippen molar-refractivity contribution in [3.63, 3.8) is 0 Å². The van der Waals surface area contributed by atoms with Crippen LogP contribution >= 0.6 is 0 Å². The fourth-order valence-corrected chi connectivity index (χ4v) is 1.59. The fourth-order valence-electron chi connectivity index (χ4n) is 1.59. The Bertz CT molecular complexity index is 401. The molecule has 0 aliphatic carbocycles. The zero-order chi connectivity index (χ0) is 10.7. The van der Waals surface area contributed by atoms with E-state index in [-0.39, 0.29) is 12.5 Å². The molecule has 0 saturated carbocycles. The highest BCUT2D eigenvalue weighted by Gasteiger charge is 2.12. The second-order valence-corrected chi connectivity index (χ2v) is 3.57. The lowest BCUT2D eigenvalue weighted by Crippen LogP contribution is -2.04. The van der Waals surface area contributed by atoms with Gasteiger partial charge in [-0.05, 0) is 12.5 Å². The second-order valence-electron chi connectivity index (χ2n) is 3.57. The Morgan fingerprint density at radius 1 is 1.53 bits per heavy atom. The summed E-state index contributed by atoms with van der Waals surface area (Å²) in [5.41, 5.74) is 2.07. The molecular formula is C11H15N3O. The quantitative estimate of drug-likeness (QED) is 0.713. The van der Waals surface area contributed by atoms with Crippen molar-refractivity contribution in [1.82, 2.24) is 15.0 Å². The summed E-state index contributed by atoms with van der Waals surface area (Å²) in [6, 6.07) is 1.98. The van der Waals surface area contributed by atoms with Crippen molar-refractivity contribution in [1.29, 1.82) is 0 Å². The summed E-state index contributed by atoms with van der Waals surface area (Å²) < 4.78 is 0. The van der Waals surface area contributed by atoms with Crippen molar-refractivity contribution in [3.8, 4) is 11.3 Å². The predicted octanol–water partition coefficient (Wildman–Crippen LogP) is 1.89. The van der Waals surface area contributed by atoms with E-state index in [1.165, 1.54) is 0 Å². The molecule has 4 heteroatoms. The molecule has 0 aliphatic rings. The monoisotopic (exact) mass is 205 g/mol. The Labute approximate surface area is 88.4 Å². The van der Waals surface area contributed by atoms with Crippen LogP contribution in [0.25, 0.3) is 11.3 Å². The van der Waals surface area contributed by atoms with Crippen LogP contribution < -0.4 is 0 Å². The summed E-state index contributed by atoms with van der Waals surface area (Å²) >= 11 is 0. The summed E-state index contributed by atoms with van der Waals surface area (Å²) in [6.45, 7) is 2.18. The van der Waals surface area contributed by atoms with Gasteiger partial charge in [-0.1, -0.05) is 6.92 Å². The Morgan fingerprint density at radius 3 is 3.00 bits per heavy atom. The molecule has 2 heterocycles. The number of hydrogen-bond donors (Lipinski definition) is 3. The van der Waals surface area contributed by atoms with E-state index in [0.717, 1.165) is 23.5 Å². The summed E-state index contributed by atoms with van der Waals surface area (Å²) in [7, 11) is 0. The van der Waals surface area contributed by atoms with Crippen LogP contribution in [-0.4, -0.2) is 26.7 Å². The molecule has 0 aromatic carbocycles. The predicted molar refractivity (Wildman–Crippen MR) is 58.5 cm³/mol. The molecule has 1 atom stereocenters. The molecule has 0 fully saturated rings. The normalized spacial score (nSPS) is 12.9. The van der Waals surface area contributed by atoms with Gasteiger partial charge in [-0.15, -0.1) is 0 Å². The number of hydrogen-bond acceptors (Lipinski definition) is 2. The first-order valence-corrected chi connectivity index (χ1v) is 5.14. The number of aromatic nitrogens is 3. The minimum absolute atomic E-state index is 0.109. The van der Waals surface area contributed by atoms with Gasteiger partial charge in [0, 0.05) is 23.9 Å². The van der Waals surface area contributed by atoms with Crippen LogP contribution in [0.2, 0.25) is 0 Å². The van der Waals surface area contributed by atoms with Crippen LogP contribution in [0.3, 0.4) is 0 Å². The number of imidazole rings is 1. The van der Waals surface area contributed by atoms with E-state index in [1.54, 1.807) is 6.20 Å². The van der Waals surface area contributed by atoms with Crippen molar-refractivity contribution < 1.29 is 5.11 Å². The first-order chi connectivity index (χ1) is 7.35. The number of nitrogens with zero attached hydrogens (tertiary/aromatic N) is 1. The molecule has 0 bridgehead atoms. The molecule has 0 amide bonds. The van der Waals surface area contributed by atoms with E-state index >= 15 is 0 Å². The number of aromatic amines is 2. The number of H-pyrrole nitrogens is 2. The van der Waals surface area contributed by atoms with Crippen molar-refractivity contribution in [3.05, 3.63) is 30.5 Å². The number of aliphatic hydroxyl groups is 1. The van der Waals surface area contributed by atoms with E-state index in [0.29, 0.717) is 0 Å². The van der Waals surface area contributed by atoms with Gasteiger partial charge in [-0.3, -0.25) is 0 Å². The third kappa shape index (κ3) is 1.94. The molecular weight excluding hydrogens is 190 g/mol. The third-order valence-corrected chi connectivity index (χ3v) is 2.60. The average Bonchev–Trinajstić information content (AvgIpc) is 2.89. The molecule has 0 spiro atoms. The lowest BCUT2D eigenvalue weighted by molar-refractivity contribution is 0.258. The van der Waals surface area contributed by atoms with Gasteiger partial charge in [0.1, 0.15) is 5.82 Å². The standard InChI is InChI=1S/C11H15N3O/c1-2-8(7-15)11-13-6-10(14-11)9-3-4-12-5-9/h3-6,8,12,15H,2,7H2,1H3,(H,13,14). The van der Waals surface area contributed by atoms with Crippen molar-refractivity contribution >= 4 is 0 Å². The van der Waals surface area contributed by atoms with Gasteiger partial charge in [0.15, 0.2) is 0 Å². The maximum Gasteiger partial charge on any atom is 0.111 e. The molecule has 0 radical (unpaired) electrons. The van der Waals surface area contributed by atoms with Crippen molar-refractivity contribution in [2.75, 3.05) is 6.61 Å². The van der Waals surface area contributed by atoms with Gasteiger partial charge >= 0.3 is 0 Å². The Hall–Kier alpha value is -1.55. The molecule has 0 aliphatic heterocycles. The van der Waals surface area contributed by atoms with Crippen LogP contribution in [0, 0.1) is 0 Å². The molecule has 80 valence electrons. The molecule has 15 heavy (non-hydrogen) atoms. The first kappa shape index (κ1) is 9.98. The number of rotatable bonds is 4. The van der Waals surface area contributed by atoms with E-state index in [4.69, 9.17) is 5.11 Å². The zero-order valence-electron chi connectivity index (χ0n) is 8.70. The lowest BCUT2D eigenvalue weighted by atomic mass is 10.1. The van der Waals surface area contributed by atoms with Gasteiger partial charge in [-0.2, -0.15) is 0 Å². The highest BCUT2D eigenvalue weighted by atomic mass is 16.3. The van der Waals surface area contributed by atoms with Gasteiger partial charge in [0.2, 0.25) is 0 Å². The number of aliphatic hydroxyl groups excluding tert-OH is 1. The smallest absolute Gasteiger partial charge is 0.111 e. The summed E-state index contributed by atoms with van der Waals surface area (Å²) in [5.74, 6) is 0.967. The Balaban J connectivity index is 2.24. The summed E-state index contributed by atoms with van der Waals surface area (Å²) in [6.07, 6.45) is 6.48.